The third kappa shape index (κ3) is 3.89. The Kier molecular flexibility index (Phi) is 5.42. The van der Waals surface area contributed by atoms with Crippen LogP contribution in [0.5, 0.6) is 5.75 Å². The number of Topliss-reactive ketones (excluding diaryl/α,β-unsaturated/α-hetero) is 1. The van der Waals surface area contributed by atoms with Gasteiger partial charge in [0.2, 0.25) is 0 Å². The molecule has 1 N–H and O–H groups in total. The third-order valence-corrected chi connectivity index (χ3v) is 6.19. The molecular weight excluding hydrogens is 416 g/mol. The van der Waals surface area contributed by atoms with E-state index in [0.29, 0.717) is 24.1 Å². The van der Waals surface area contributed by atoms with Gasteiger partial charge in [0, 0.05) is 30.9 Å². The topological polar surface area (TPSA) is 79.7 Å². The summed E-state index contributed by atoms with van der Waals surface area (Å²) in [4.78, 5) is 32.0. The second kappa shape index (κ2) is 8.54. The zero-order chi connectivity index (χ0) is 22.9. The van der Waals surface area contributed by atoms with Crippen LogP contribution in [0, 0.1) is 0 Å². The third-order valence-electron chi connectivity index (χ3n) is 6.19. The van der Waals surface area contributed by atoms with Crippen LogP contribution in [0.15, 0.2) is 78.6 Å². The highest BCUT2D eigenvalue weighted by Gasteiger charge is 2.46. The minimum atomic E-state index is -0.703. The molecule has 0 unspecified atom stereocenters. The molecule has 1 amide bonds. The second-order valence-corrected chi connectivity index (χ2v) is 8.47. The fourth-order valence-electron chi connectivity index (χ4n) is 4.61. The van der Waals surface area contributed by atoms with Gasteiger partial charge in [-0.3, -0.25) is 14.6 Å². The van der Waals surface area contributed by atoms with Crippen molar-refractivity contribution in [1.82, 2.24) is 9.88 Å². The van der Waals surface area contributed by atoms with Gasteiger partial charge >= 0.3 is 0 Å². The van der Waals surface area contributed by atoms with Crippen LogP contribution in [0.2, 0.25) is 0 Å². The summed E-state index contributed by atoms with van der Waals surface area (Å²) in [5.41, 5.74) is 3.32. The molecule has 2 aromatic carbocycles. The number of ether oxygens (including phenoxy) is 1. The van der Waals surface area contributed by atoms with Crippen LogP contribution < -0.4 is 4.74 Å². The highest BCUT2D eigenvalue weighted by atomic mass is 16.5. The van der Waals surface area contributed by atoms with Gasteiger partial charge in [-0.1, -0.05) is 36.4 Å². The number of likely N-dealkylation sites (tertiary alicyclic amines) is 1. The van der Waals surface area contributed by atoms with Crippen molar-refractivity contribution in [3.8, 4) is 5.75 Å². The molecule has 5 rings (SSSR count). The molecule has 3 aromatic rings. The maximum absolute atomic E-state index is 13.2. The first kappa shape index (κ1) is 20.9. The Labute approximate surface area is 192 Å². The molecule has 166 valence electrons. The predicted octanol–water partition coefficient (Wildman–Crippen LogP) is 4.07. The Morgan fingerprint density at radius 1 is 1.12 bits per heavy atom. The minimum absolute atomic E-state index is 0.0661. The van der Waals surface area contributed by atoms with E-state index in [-0.39, 0.29) is 17.4 Å². The van der Waals surface area contributed by atoms with E-state index in [1.165, 1.54) is 4.90 Å². The monoisotopic (exact) mass is 440 g/mol. The van der Waals surface area contributed by atoms with Crippen molar-refractivity contribution in [3.05, 3.63) is 101 Å². The number of hydrogen-bond donors (Lipinski definition) is 1. The molecule has 2 aliphatic rings. The summed E-state index contributed by atoms with van der Waals surface area (Å²) in [6.45, 7) is 2.33. The van der Waals surface area contributed by atoms with Gasteiger partial charge in [-0.05, 0) is 54.3 Å². The molecule has 0 bridgehead atoms. The summed E-state index contributed by atoms with van der Waals surface area (Å²) in [5, 5.41) is 11.3. The summed E-state index contributed by atoms with van der Waals surface area (Å²) < 4.78 is 5.75. The van der Waals surface area contributed by atoms with Gasteiger partial charge in [0.05, 0.1) is 11.6 Å². The molecule has 0 spiro atoms. The predicted molar refractivity (Wildman–Crippen MR) is 124 cm³/mol. The summed E-state index contributed by atoms with van der Waals surface area (Å²) in [6.07, 6.45) is 4.67. The zero-order valence-electron chi connectivity index (χ0n) is 18.3. The number of benzene rings is 2. The summed E-state index contributed by atoms with van der Waals surface area (Å²) in [6, 6.07) is 18.1. The Bertz CT molecular complexity index is 1240. The van der Waals surface area contributed by atoms with Crippen LogP contribution in [-0.4, -0.2) is 39.3 Å². The summed E-state index contributed by atoms with van der Waals surface area (Å²) >= 11 is 0. The number of aromatic nitrogens is 1. The number of aliphatic hydroxyl groups excluding tert-OH is 1. The fourth-order valence-corrected chi connectivity index (χ4v) is 4.61. The van der Waals surface area contributed by atoms with Crippen LogP contribution in [0.1, 0.15) is 35.2 Å². The highest BCUT2D eigenvalue weighted by Crippen LogP contribution is 2.40. The van der Waals surface area contributed by atoms with Crippen LogP contribution >= 0.6 is 0 Å². The van der Waals surface area contributed by atoms with E-state index in [2.05, 4.69) is 4.98 Å². The van der Waals surface area contributed by atoms with Crippen molar-refractivity contribution in [3.63, 3.8) is 0 Å². The first-order chi connectivity index (χ1) is 16.0. The van der Waals surface area contributed by atoms with Gasteiger partial charge in [-0.25, -0.2) is 0 Å². The van der Waals surface area contributed by atoms with Crippen molar-refractivity contribution in [2.24, 2.45) is 0 Å². The number of pyridine rings is 1. The van der Waals surface area contributed by atoms with Crippen LogP contribution in [0.3, 0.4) is 0 Å². The van der Waals surface area contributed by atoms with Crippen molar-refractivity contribution in [1.29, 1.82) is 0 Å². The van der Waals surface area contributed by atoms with Gasteiger partial charge in [-0.15, -0.1) is 0 Å². The highest BCUT2D eigenvalue weighted by molar-refractivity contribution is 6.46. The molecule has 2 aliphatic heterocycles. The Hall–Kier alpha value is -3.93. The zero-order valence-corrected chi connectivity index (χ0v) is 18.3. The minimum Gasteiger partial charge on any atom is -0.507 e. The molecule has 3 heterocycles. The molecule has 0 radical (unpaired) electrons. The number of carbonyl (C=O) groups is 2. The van der Waals surface area contributed by atoms with Crippen molar-refractivity contribution in [2.45, 2.75) is 31.9 Å². The summed E-state index contributed by atoms with van der Waals surface area (Å²) in [7, 11) is 0. The molecule has 33 heavy (non-hydrogen) atoms. The lowest BCUT2D eigenvalue weighted by Gasteiger charge is -2.25. The van der Waals surface area contributed by atoms with Gasteiger partial charge in [0.15, 0.2) is 0 Å². The van der Waals surface area contributed by atoms with Gasteiger partial charge < -0.3 is 14.7 Å². The molecular formula is C27H24N2O4. The van der Waals surface area contributed by atoms with E-state index in [1.54, 1.807) is 30.6 Å². The fraction of sp³-hybridized carbons (Fsp3) is 0.222. The number of hydrogen-bond acceptors (Lipinski definition) is 5. The molecule has 2 atom stereocenters. The maximum Gasteiger partial charge on any atom is 0.295 e. The Morgan fingerprint density at radius 2 is 1.94 bits per heavy atom. The number of fused-ring (bicyclic) bond motifs is 1. The average Bonchev–Trinajstić information content (AvgIpc) is 3.34. The molecule has 1 saturated heterocycles. The molecule has 6 heteroatoms. The van der Waals surface area contributed by atoms with Crippen LogP contribution in [-0.2, 0) is 22.4 Å². The number of rotatable bonds is 5. The van der Waals surface area contributed by atoms with E-state index < -0.39 is 17.7 Å². The van der Waals surface area contributed by atoms with Crippen LogP contribution in [0.25, 0.3) is 5.76 Å². The molecule has 0 aliphatic carbocycles. The summed E-state index contributed by atoms with van der Waals surface area (Å²) in [5.74, 6) is -0.683. The number of carbonyl (C=O) groups excluding carboxylic acids is 2. The maximum atomic E-state index is 13.2. The quantitative estimate of drug-likeness (QED) is 0.368. The lowest BCUT2D eigenvalue weighted by Crippen LogP contribution is -2.31. The Balaban J connectivity index is 1.56. The number of nitrogens with zero attached hydrogens (tertiary/aromatic N) is 2. The lowest BCUT2D eigenvalue weighted by atomic mass is 9.95. The standard InChI is InChI=1S/C27H24N2O4/c1-17-14-21-15-19(9-10-22(21)33-17)25(30)23-24(20-8-5-12-28-16-20)29(27(32)26(23)31)13-11-18-6-3-2-4-7-18/h2-10,12,15-17,24,30H,11,13-14H2,1H3/t17-,24-/m1/s1. The van der Waals surface area contributed by atoms with E-state index >= 15 is 0 Å². The van der Waals surface area contributed by atoms with Crippen molar-refractivity contribution in [2.75, 3.05) is 6.54 Å². The van der Waals surface area contributed by atoms with E-state index in [9.17, 15) is 14.7 Å². The van der Waals surface area contributed by atoms with E-state index in [4.69, 9.17) is 4.74 Å². The Morgan fingerprint density at radius 3 is 2.70 bits per heavy atom. The first-order valence-corrected chi connectivity index (χ1v) is 11.0. The van der Waals surface area contributed by atoms with E-state index in [1.807, 2.05) is 49.4 Å². The number of aliphatic hydroxyl groups is 1. The number of amides is 1. The SMILES string of the molecule is C[C@@H]1Cc2cc(C(O)=C3C(=O)C(=O)N(CCc4ccccc4)[C@@H]3c3cccnc3)ccc2O1. The molecule has 1 aromatic heterocycles. The van der Waals surface area contributed by atoms with E-state index in [0.717, 1.165) is 23.3 Å². The molecule has 1 fully saturated rings. The smallest absolute Gasteiger partial charge is 0.295 e. The van der Waals surface area contributed by atoms with Crippen molar-refractivity contribution < 1.29 is 19.4 Å². The normalized spacial score (nSPS) is 21.2. The molecule has 6 nitrogen and oxygen atoms in total. The van der Waals surface area contributed by atoms with Gasteiger partial charge in [0.1, 0.15) is 17.6 Å². The lowest BCUT2D eigenvalue weighted by molar-refractivity contribution is -0.139. The van der Waals surface area contributed by atoms with Gasteiger partial charge in [-0.2, -0.15) is 0 Å². The largest absolute Gasteiger partial charge is 0.507 e. The van der Waals surface area contributed by atoms with Crippen molar-refractivity contribution >= 4 is 17.4 Å². The van der Waals surface area contributed by atoms with Gasteiger partial charge in [0.25, 0.3) is 11.7 Å². The average molecular weight is 440 g/mol. The van der Waals surface area contributed by atoms with Crippen LogP contribution in [0.4, 0.5) is 0 Å². The second-order valence-electron chi connectivity index (χ2n) is 8.47. The number of ketones is 1. The molecule has 0 saturated carbocycles. The first-order valence-electron chi connectivity index (χ1n) is 11.0.